The molecule has 0 aliphatic carbocycles. The van der Waals surface area contributed by atoms with Crippen molar-refractivity contribution in [1.82, 2.24) is 0 Å². The van der Waals surface area contributed by atoms with E-state index in [0.717, 1.165) is 36.9 Å². The van der Waals surface area contributed by atoms with Gasteiger partial charge in [0.1, 0.15) is 12.0 Å². The molecule has 0 radical (unpaired) electrons. The van der Waals surface area contributed by atoms with Gasteiger partial charge in [-0.25, -0.2) is 0 Å². The van der Waals surface area contributed by atoms with E-state index in [0.29, 0.717) is 12.8 Å². The first-order valence-corrected chi connectivity index (χ1v) is 11.2. The minimum Gasteiger partial charge on any atom is -0.497 e. The second kappa shape index (κ2) is 15.1. The third-order valence-corrected chi connectivity index (χ3v) is 5.73. The molecule has 3 heteroatoms. The minimum atomic E-state index is -0.589. The van der Waals surface area contributed by atoms with Crippen LogP contribution in [0.25, 0.3) is 0 Å². The van der Waals surface area contributed by atoms with Gasteiger partial charge in [0.25, 0.3) is 0 Å². The Morgan fingerprint density at radius 2 is 1.57 bits per heavy atom. The molecule has 1 aromatic rings. The summed E-state index contributed by atoms with van der Waals surface area (Å²) in [5, 5.41) is 9.97. The third-order valence-electron chi connectivity index (χ3n) is 5.73. The number of carbonyl (C=O) groups excluding carboxylic acids is 1. The van der Waals surface area contributed by atoms with Gasteiger partial charge in [0, 0.05) is 6.42 Å². The minimum absolute atomic E-state index is 0.419. The van der Waals surface area contributed by atoms with Gasteiger partial charge in [-0.15, -0.1) is 0 Å². The molecule has 28 heavy (non-hydrogen) atoms. The SMILES string of the molecule is CCCCCCCCCCCCCC(C#N)(CCC=O)c1cccc(OC)c1. The summed E-state index contributed by atoms with van der Waals surface area (Å²) in [4.78, 5) is 10.9. The maximum atomic E-state index is 10.9. The average molecular weight is 386 g/mol. The van der Waals surface area contributed by atoms with Crippen molar-refractivity contribution in [3.05, 3.63) is 29.8 Å². The number of aldehydes is 1. The van der Waals surface area contributed by atoms with Gasteiger partial charge in [0.2, 0.25) is 0 Å². The number of rotatable bonds is 17. The molecule has 0 bridgehead atoms. The summed E-state index contributed by atoms with van der Waals surface area (Å²) in [7, 11) is 1.64. The summed E-state index contributed by atoms with van der Waals surface area (Å²) in [5.74, 6) is 0.766. The highest BCUT2D eigenvalue weighted by Gasteiger charge is 2.31. The molecule has 0 saturated carbocycles. The van der Waals surface area contributed by atoms with Gasteiger partial charge in [0.15, 0.2) is 0 Å². The van der Waals surface area contributed by atoms with Gasteiger partial charge in [0.05, 0.1) is 18.6 Å². The maximum absolute atomic E-state index is 10.9. The number of carbonyl (C=O) groups is 1. The number of benzene rings is 1. The first-order valence-electron chi connectivity index (χ1n) is 11.2. The van der Waals surface area contributed by atoms with Gasteiger partial charge < -0.3 is 9.53 Å². The van der Waals surface area contributed by atoms with Crippen LogP contribution in [0.2, 0.25) is 0 Å². The Labute approximate surface area is 172 Å². The van der Waals surface area contributed by atoms with Crippen molar-refractivity contribution in [3.63, 3.8) is 0 Å². The highest BCUT2D eigenvalue weighted by atomic mass is 16.5. The van der Waals surface area contributed by atoms with E-state index in [1.807, 2.05) is 24.3 Å². The summed E-state index contributed by atoms with van der Waals surface area (Å²) in [6.07, 6.45) is 17.0. The second-order valence-corrected chi connectivity index (χ2v) is 7.92. The zero-order valence-corrected chi connectivity index (χ0v) is 18.0. The standard InChI is InChI=1S/C25H39NO2/c1-3-4-5-6-7-8-9-10-11-12-13-18-25(22-26,19-15-20-27)23-16-14-17-24(21-23)28-2/h14,16-17,20-21H,3-13,15,18-19H2,1-2H3. The quantitative estimate of drug-likeness (QED) is 0.211. The first-order chi connectivity index (χ1) is 13.7. The monoisotopic (exact) mass is 385 g/mol. The number of hydrogen-bond donors (Lipinski definition) is 0. The molecule has 0 heterocycles. The van der Waals surface area contributed by atoms with E-state index in [4.69, 9.17) is 4.74 Å². The largest absolute Gasteiger partial charge is 0.497 e. The van der Waals surface area contributed by atoms with Crippen LogP contribution in [0, 0.1) is 11.3 Å². The fourth-order valence-electron chi connectivity index (χ4n) is 3.91. The smallest absolute Gasteiger partial charge is 0.120 e. The van der Waals surface area contributed by atoms with Crippen molar-refractivity contribution in [1.29, 1.82) is 5.26 Å². The summed E-state index contributed by atoms with van der Waals surface area (Å²) in [6, 6.07) is 10.3. The molecule has 0 fully saturated rings. The van der Waals surface area contributed by atoms with Gasteiger partial charge in [-0.1, -0.05) is 89.7 Å². The molecule has 0 N–H and O–H groups in total. The Kier molecular flexibility index (Phi) is 13.1. The molecule has 0 aliphatic heterocycles. The molecule has 3 nitrogen and oxygen atoms in total. The lowest BCUT2D eigenvalue weighted by atomic mass is 9.74. The molecular weight excluding hydrogens is 346 g/mol. The predicted octanol–water partition coefficient (Wildman–Crippen LogP) is 7.14. The lowest BCUT2D eigenvalue weighted by Crippen LogP contribution is -2.24. The number of nitrogens with zero attached hydrogens (tertiary/aromatic N) is 1. The molecule has 0 amide bonds. The molecule has 1 aromatic carbocycles. The van der Waals surface area contributed by atoms with Crippen LogP contribution in [0.15, 0.2) is 24.3 Å². The average Bonchev–Trinajstić information content (AvgIpc) is 2.74. The van der Waals surface area contributed by atoms with Crippen molar-refractivity contribution < 1.29 is 9.53 Å². The van der Waals surface area contributed by atoms with Gasteiger partial charge in [-0.3, -0.25) is 0 Å². The Morgan fingerprint density at radius 3 is 2.11 bits per heavy atom. The Bertz CT molecular complexity index is 578. The molecule has 0 aliphatic rings. The van der Waals surface area contributed by atoms with Gasteiger partial charge >= 0.3 is 0 Å². The van der Waals surface area contributed by atoms with Crippen molar-refractivity contribution in [2.75, 3.05) is 7.11 Å². The Balaban J connectivity index is 2.42. The van der Waals surface area contributed by atoms with E-state index in [-0.39, 0.29) is 0 Å². The number of nitriles is 1. The van der Waals surface area contributed by atoms with E-state index in [1.54, 1.807) is 7.11 Å². The molecular formula is C25H39NO2. The normalized spacial score (nSPS) is 12.9. The Morgan fingerprint density at radius 1 is 0.964 bits per heavy atom. The zero-order valence-electron chi connectivity index (χ0n) is 18.0. The van der Waals surface area contributed by atoms with Gasteiger partial charge in [-0.2, -0.15) is 5.26 Å². The van der Waals surface area contributed by atoms with Crippen molar-refractivity contribution in [3.8, 4) is 11.8 Å². The zero-order chi connectivity index (χ0) is 20.5. The topological polar surface area (TPSA) is 50.1 Å². The summed E-state index contributed by atoms with van der Waals surface area (Å²) in [6.45, 7) is 2.26. The van der Waals surface area contributed by atoms with Crippen LogP contribution in [0.5, 0.6) is 5.75 Å². The molecule has 1 atom stereocenters. The molecule has 0 aromatic heterocycles. The lowest BCUT2D eigenvalue weighted by Gasteiger charge is -2.27. The van der Waals surface area contributed by atoms with Crippen LogP contribution in [0.3, 0.4) is 0 Å². The second-order valence-electron chi connectivity index (χ2n) is 7.92. The molecule has 1 unspecified atom stereocenters. The van der Waals surface area contributed by atoms with E-state index in [2.05, 4.69) is 13.0 Å². The number of unbranched alkanes of at least 4 members (excludes halogenated alkanes) is 10. The highest BCUT2D eigenvalue weighted by molar-refractivity contribution is 5.50. The fraction of sp³-hybridized carbons (Fsp3) is 0.680. The van der Waals surface area contributed by atoms with E-state index in [1.165, 1.54) is 57.8 Å². The Hall–Kier alpha value is -1.82. The summed E-state index contributed by atoms with van der Waals surface area (Å²) in [5.41, 5.74) is 0.387. The molecule has 156 valence electrons. The van der Waals surface area contributed by atoms with E-state index in [9.17, 15) is 10.1 Å². The van der Waals surface area contributed by atoms with Gasteiger partial charge in [-0.05, 0) is 30.5 Å². The number of ether oxygens (including phenoxy) is 1. The fourth-order valence-corrected chi connectivity index (χ4v) is 3.91. The molecule has 0 spiro atoms. The van der Waals surface area contributed by atoms with Crippen molar-refractivity contribution in [2.45, 2.75) is 102 Å². The number of methoxy groups -OCH3 is 1. The lowest BCUT2D eigenvalue weighted by molar-refractivity contribution is -0.108. The number of hydrogen-bond acceptors (Lipinski definition) is 3. The molecule has 1 rings (SSSR count). The van der Waals surface area contributed by atoms with Crippen molar-refractivity contribution >= 4 is 6.29 Å². The summed E-state index contributed by atoms with van der Waals surface area (Å²) >= 11 is 0. The molecule has 0 saturated heterocycles. The van der Waals surface area contributed by atoms with Crippen molar-refractivity contribution in [2.24, 2.45) is 0 Å². The van der Waals surface area contributed by atoms with E-state index < -0.39 is 5.41 Å². The van der Waals surface area contributed by atoms with Crippen LogP contribution in [-0.4, -0.2) is 13.4 Å². The van der Waals surface area contributed by atoms with Crippen LogP contribution in [0.1, 0.15) is 102 Å². The maximum Gasteiger partial charge on any atom is 0.120 e. The van der Waals surface area contributed by atoms with Crippen LogP contribution in [0.4, 0.5) is 0 Å². The predicted molar refractivity (Wildman–Crippen MR) is 117 cm³/mol. The van der Waals surface area contributed by atoms with E-state index >= 15 is 0 Å². The van der Waals surface area contributed by atoms with Crippen LogP contribution in [-0.2, 0) is 10.2 Å². The van der Waals surface area contributed by atoms with Crippen LogP contribution >= 0.6 is 0 Å². The summed E-state index contributed by atoms with van der Waals surface area (Å²) < 4.78 is 5.33. The van der Waals surface area contributed by atoms with Crippen LogP contribution < -0.4 is 4.74 Å². The third kappa shape index (κ3) is 8.91. The highest BCUT2D eigenvalue weighted by Crippen LogP contribution is 2.36. The first kappa shape index (κ1) is 24.2.